The monoisotopic (exact) mass is 528 g/mol. The lowest BCUT2D eigenvalue weighted by Gasteiger charge is -2.22. The highest BCUT2D eigenvalue weighted by molar-refractivity contribution is 5.71. The van der Waals surface area contributed by atoms with E-state index in [-0.39, 0.29) is 29.8 Å². The van der Waals surface area contributed by atoms with Gasteiger partial charge in [-0.2, -0.15) is 0 Å². The number of unbranched alkanes of at least 4 members (excludes halogenated alkanes) is 3. The van der Waals surface area contributed by atoms with Crippen LogP contribution in [0.3, 0.4) is 0 Å². The van der Waals surface area contributed by atoms with Gasteiger partial charge < -0.3 is 20.1 Å². The van der Waals surface area contributed by atoms with Gasteiger partial charge in [-0.15, -0.1) is 0 Å². The van der Waals surface area contributed by atoms with Crippen LogP contribution in [0.2, 0.25) is 0 Å². The van der Waals surface area contributed by atoms with Gasteiger partial charge in [0.15, 0.2) is 0 Å². The Balaban J connectivity index is 1.60. The van der Waals surface area contributed by atoms with Crippen LogP contribution in [-0.4, -0.2) is 56.2 Å². The van der Waals surface area contributed by atoms with Gasteiger partial charge in [-0.25, -0.2) is 0 Å². The molecule has 3 rings (SSSR count). The number of hydrogen-bond acceptors (Lipinski definition) is 8. The molecule has 6 atom stereocenters. The first-order valence-corrected chi connectivity index (χ1v) is 12.9. The second-order valence-corrected chi connectivity index (χ2v) is 10.0. The third kappa shape index (κ3) is 7.22. The first kappa shape index (κ1) is 29.4. The summed E-state index contributed by atoms with van der Waals surface area (Å²) in [5, 5.41) is 52.1. The van der Waals surface area contributed by atoms with Gasteiger partial charge in [-0.1, -0.05) is 63.5 Å². The molecule has 0 saturated carbocycles. The largest absolute Gasteiger partial charge is 0.394 e. The molecule has 0 spiro atoms. The Labute approximate surface area is 221 Å². The van der Waals surface area contributed by atoms with Gasteiger partial charge in [0.2, 0.25) is 0 Å². The number of nitro groups is 2. The van der Waals surface area contributed by atoms with Crippen LogP contribution in [-0.2, 0) is 4.74 Å². The Bertz CT molecular complexity index is 1120. The quantitative estimate of drug-likeness (QED) is 0.180. The molecule has 10 nitrogen and oxygen atoms in total. The van der Waals surface area contributed by atoms with Crippen LogP contribution < -0.4 is 0 Å². The summed E-state index contributed by atoms with van der Waals surface area (Å²) in [6.07, 6.45) is 1.62. The third-order valence-electron chi connectivity index (χ3n) is 7.37. The van der Waals surface area contributed by atoms with E-state index < -0.39 is 34.3 Å². The lowest BCUT2D eigenvalue weighted by Crippen LogP contribution is -2.35. The standard InChI is InChI=1S/C28H36N2O8/c1-18(28-27(33)26(32)25(17-31)38-28)9-5-3-4-6-14-24(21-11-8-13-23(16-21)30(36)37)19(2)20-10-7-12-22(15-20)29(34)35/h7-8,10-13,15-16,18,24-28,31-33H,2-6,9,14,17H2,1H3/t18?,24?,25-,26-,27+,28+/m1/s1. The normalized spacial score (nSPS) is 22.6. The van der Waals surface area contributed by atoms with E-state index in [9.17, 15) is 35.5 Å². The number of nitro benzene ring substituents is 2. The van der Waals surface area contributed by atoms with E-state index in [1.807, 2.05) is 13.0 Å². The number of allylic oxidation sites excluding steroid dienone is 1. The van der Waals surface area contributed by atoms with Gasteiger partial charge >= 0.3 is 0 Å². The van der Waals surface area contributed by atoms with Gasteiger partial charge in [0.05, 0.1) is 22.6 Å². The fourth-order valence-electron chi connectivity index (χ4n) is 5.15. The molecule has 2 unspecified atom stereocenters. The first-order valence-electron chi connectivity index (χ1n) is 12.9. The second-order valence-electron chi connectivity index (χ2n) is 10.0. The predicted octanol–water partition coefficient (Wildman–Crippen LogP) is 4.76. The zero-order valence-corrected chi connectivity index (χ0v) is 21.5. The molecule has 1 fully saturated rings. The number of benzene rings is 2. The van der Waals surface area contributed by atoms with Crippen LogP contribution in [0.4, 0.5) is 11.4 Å². The zero-order chi connectivity index (χ0) is 27.8. The molecule has 0 bridgehead atoms. The number of aliphatic hydroxyl groups is 3. The summed E-state index contributed by atoms with van der Waals surface area (Å²) in [5.74, 6) is -0.225. The summed E-state index contributed by atoms with van der Waals surface area (Å²) in [6, 6.07) is 12.7. The van der Waals surface area contributed by atoms with Crippen molar-refractivity contribution in [3.05, 3.63) is 86.5 Å². The molecular weight excluding hydrogens is 492 g/mol. The van der Waals surface area contributed by atoms with Crippen molar-refractivity contribution in [2.75, 3.05) is 6.61 Å². The molecule has 0 radical (unpaired) electrons. The molecule has 1 aliphatic heterocycles. The molecule has 1 saturated heterocycles. The predicted molar refractivity (Wildman–Crippen MR) is 143 cm³/mol. The lowest BCUT2D eigenvalue weighted by molar-refractivity contribution is -0.385. The number of hydrogen-bond donors (Lipinski definition) is 3. The van der Waals surface area contributed by atoms with E-state index in [1.54, 1.807) is 18.2 Å². The maximum atomic E-state index is 11.3. The van der Waals surface area contributed by atoms with Crippen LogP contribution in [0.15, 0.2) is 55.1 Å². The van der Waals surface area contributed by atoms with Crippen molar-refractivity contribution < 1.29 is 29.9 Å². The average molecular weight is 529 g/mol. The number of ether oxygens (including phenoxy) is 1. The number of non-ortho nitro benzene ring substituents is 2. The first-order chi connectivity index (χ1) is 18.1. The van der Waals surface area contributed by atoms with Crippen molar-refractivity contribution >= 4 is 16.9 Å². The number of nitrogens with zero attached hydrogens (tertiary/aromatic N) is 2. The molecule has 3 N–H and O–H groups in total. The Morgan fingerprint density at radius 2 is 1.55 bits per heavy atom. The highest BCUT2D eigenvalue weighted by Crippen LogP contribution is 2.37. The molecule has 1 heterocycles. The van der Waals surface area contributed by atoms with E-state index in [1.165, 1.54) is 24.3 Å². The minimum absolute atomic E-state index is 0.0156. The number of aliphatic hydroxyl groups excluding tert-OH is 3. The summed E-state index contributed by atoms with van der Waals surface area (Å²) < 4.78 is 5.62. The van der Waals surface area contributed by atoms with Crippen LogP contribution in [0.5, 0.6) is 0 Å². The third-order valence-corrected chi connectivity index (χ3v) is 7.37. The Morgan fingerprint density at radius 3 is 2.16 bits per heavy atom. The van der Waals surface area contributed by atoms with Crippen molar-refractivity contribution in [2.45, 2.75) is 75.8 Å². The van der Waals surface area contributed by atoms with E-state index in [0.717, 1.165) is 37.7 Å². The Kier molecular flexibility index (Phi) is 10.5. The van der Waals surface area contributed by atoms with Gasteiger partial charge in [-0.3, -0.25) is 20.2 Å². The van der Waals surface area contributed by atoms with Crippen molar-refractivity contribution in [1.82, 2.24) is 0 Å². The van der Waals surface area contributed by atoms with Crippen molar-refractivity contribution in [3.8, 4) is 0 Å². The van der Waals surface area contributed by atoms with Crippen molar-refractivity contribution in [1.29, 1.82) is 0 Å². The van der Waals surface area contributed by atoms with Crippen molar-refractivity contribution in [3.63, 3.8) is 0 Å². The van der Waals surface area contributed by atoms with Gasteiger partial charge in [-0.05, 0) is 35.5 Å². The van der Waals surface area contributed by atoms with Crippen LogP contribution in [0.1, 0.15) is 62.5 Å². The Hall–Kier alpha value is -3.18. The highest BCUT2D eigenvalue weighted by Gasteiger charge is 2.44. The fraction of sp³-hybridized carbons (Fsp3) is 0.500. The Morgan fingerprint density at radius 1 is 0.947 bits per heavy atom. The molecule has 38 heavy (non-hydrogen) atoms. The maximum Gasteiger partial charge on any atom is 0.270 e. The molecule has 10 heteroatoms. The van der Waals surface area contributed by atoms with Gasteiger partial charge in [0, 0.05) is 30.2 Å². The van der Waals surface area contributed by atoms with Gasteiger partial charge in [0.1, 0.15) is 18.3 Å². The minimum Gasteiger partial charge on any atom is -0.394 e. The smallest absolute Gasteiger partial charge is 0.270 e. The van der Waals surface area contributed by atoms with E-state index >= 15 is 0 Å². The minimum atomic E-state index is -1.09. The molecule has 0 aromatic heterocycles. The molecule has 2 aromatic carbocycles. The summed E-state index contributed by atoms with van der Waals surface area (Å²) in [5.41, 5.74) is 1.99. The van der Waals surface area contributed by atoms with Crippen LogP contribution in [0.25, 0.3) is 5.57 Å². The van der Waals surface area contributed by atoms with Crippen LogP contribution in [0, 0.1) is 26.1 Å². The molecule has 0 aliphatic carbocycles. The van der Waals surface area contributed by atoms with Gasteiger partial charge in [0.25, 0.3) is 11.4 Å². The SMILES string of the molecule is C=C(c1cccc([N+](=O)[O-])c1)C(CCCCCCC(C)[C@@H]1O[C@H](CO)[C@@H](O)[C@@H]1O)c1cccc([N+](=O)[O-])c1. The maximum absolute atomic E-state index is 11.3. The number of rotatable bonds is 14. The average Bonchev–Trinajstić information content (AvgIpc) is 3.21. The molecule has 1 aliphatic rings. The molecule has 2 aromatic rings. The lowest BCUT2D eigenvalue weighted by atomic mass is 9.83. The summed E-state index contributed by atoms with van der Waals surface area (Å²) in [7, 11) is 0. The topological polar surface area (TPSA) is 156 Å². The summed E-state index contributed by atoms with van der Waals surface area (Å²) in [4.78, 5) is 21.7. The zero-order valence-electron chi connectivity index (χ0n) is 21.5. The summed E-state index contributed by atoms with van der Waals surface area (Å²) >= 11 is 0. The highest BCUT2D eigenvalue weighted by atomic mass is 16.6. The van der Waals surface area contributed by atoms with E-state index in [0.29, 0.717) is 17.6 Å². The van der Waals surface area contributed by atoms with E-state index in [4.69, 9.17) is 4.74 Å². The second kappa shape index (κ2) is 13.6. The fourth-order valence-corrected chi connectivity index (χ4v) is 5.15. The van der Waals surface area contributed by atoms with Crippen LogP contribution >= 0.6 is 0 Å². The molecular formula is C28H36N2O8. The summed E-state index contributed by atoms with van der Waals surface area (Å²) in [6.45, 7) is 5.84. The van der Waals surface area contributed by atoms with E-state index in [2.05, 4.69) is 6.58 Å². The molecule has 0 amide bonds. The van der Waals surface area contributed by atoms with Crippen molar-refractivity contribution in [2.24, 2.45) is 5.92 Å². The molecule has 206 valence electrons.